The van der Waals surface area contributed by atoms with Gasteiger partial charge in [-0.25, -0.2) is 14.8 Å². The lowest BCUT2D eigenvalue weighted by molar-refractivity contribution is -0.138. The van der Waals surface area contributed by atoms with E-state index < -0.39 is 17.9 Å². The fraction of sp³-hybridized carbons (Fsp3) is 0.400. The van der Waals surface area contributed by atoms with Crippen molar-refractivity contribution in [1.82, 2.24) is 15.3 Å². The molecule has 0 aromatic carbocycles. The highest BCUT2D eigenvalue weighted by Gasteiger charge is 2.31. The molecule has 96 valence electrons. The number of carbonyl (C=O) groups is 2. The maximum Gasteiger partial charge on any atom is 0.327 e. The minimum atomic E-state index is -0.983. The molecule has 1 fully saturated rings. The lowest BCUT2D eigenvalue weighted by Gasteiger charge is -2.34. The van der Waals surface area contributed by atoms with Gasteiger partial charge in [0.15, 0.2) is 11.5 Å². The fourth-order valence-electron chi connectivity index (χ4n) is 1.89. The summed E-state index contributed by atoms with van der Waals surface area (Å²) in [7, 11) is 0. The van der Waals surface area contributed by atoms with E-state index in [4.69, 9.17) is 10.8 Å². The van der Waals surface area contributed by atoms with Crippen LogP contribution in [0.3, 0.4) is 0 Å². The molecule has 8 nitrogen and oxygen atoms in total. The standard InChI is InChI=1S/C10H13N5O3/c11-8(16)7-9(14-2-1-13-7)15-4-3-12-5-6(15)10(17)18/h1-2,6,12H,3-5H2,(H2,11,16)(H,17,18). The Hall–Kier alpha value is -2.22. The number of amides is 1. The summed E-state index contributed by atoms with van der Waals surface area (Å²) in [6.07, 6.45) is 2.75. The predicted molar refractivity (Wildman–Crippen MR) is 62.2 cm³/mol. The van der Waals surface area contributed by atoms with Gasteiger partial charge in [-0.2, -0.15) is 0 Å². The first-order valence-corrected chi connectivity index (χ1v) is 5.42. The minimum absolute atomic E-state index is 0.00866. The number of primary amides is 1. The SMILES string of the molecule is NC(=O)c1nccnc1N1CCNCC1C(=O)O. The van der Waals surface area contributed by atoms with E-state index in [-0.39, 0.29) is 18.1 Å². The van der Waals surface area contributed by atoms with E-state index in [1.165, 1.54) is 17.3 Å². The second-order valence-corrected chi connectivity index (χ2v) is 3.84. The third kappa shape index (κ3) is 2.23. The number of nitrogens with one attached hydrogen (secondary N) is 1. The Bertz CT molecular complexity index is 478. The lowest BCUT2D eigenvalue weighted by atomic mass is 10.2. The normalized spacial score (nSPS) is 19.6. The van der Waals surface area contributed by atoms with Gasteiger partial charge in [0.05, 0.1) is 0 Å². The maximum absolute atomic E-state index is 11.3. The van der Waals surface area contributed by atoms with Gasteiger partial charge in [0.1, 0.15) is 6.04 Å². The van der Waals surface area contributed by atoms with Crippen molar-refractivity contribution in [2.75, 3.05) is 24.5 Å². The van der Waals surface area contributed by atoms with Crippen molar-refractivity contribution in [1.29, 1.82) is 0 Å². The fourth-order valence-corrected chi connectivity index (χ4v) is 1.89. The van der Waals surface area contributed by atoms with Gasteiger partial charge in [-0.15, -0.1) is 0 Å². The summed E-state index contributed by atoms with van der Waals surface area (Å²) < 4.78 is 0. The molecule has 1 atom stereocenters. The van der Waals surface area contributed by atoms with E-state index in [1.54, 1.807) is 0 Å². The van der Waals surface area contributed by atoms with Crippen LogP contribution in [0.4, 0.5) is 5.82 Å². The van der Waals surface area contributed by atoms with Crippen molar-refractivity contribution in [3.63, 3.8) is 0 Å². The summed E-state index contributed by atoms with van der Waals surface area (Å²) >= 11 is 0. The van der Waals surface area contributed by atoms with E-state index in [0.717, 1.165) is 0 Å². The molecule has 1 amide bonds. The van der Waals surface area contributed by atoms with Crippen molar-refractivity contribution in [2.24, 2.45) is 5.73 Å². The quantitative estimate of drug-likeness (QED) is 0.593. The predicted octanol–water partition coefficient (Wildman–Crippen LogP) is -1.56. The molecule has 2 rings (SSSR count). The molecule has 2 heterocycles. The second kappa shape index (κ2) is 4.96. The number of carbonyl (C=O) groups excluding carboxylic acids is 1. The largest absolute Gasteiger partial charge is 0.480 e. The van der Waals surface area contributed by atoms with E-state index in [1.807, 2.05) is 0 Å². The van der Waals surface area contributed by atoms with Crippen molar-refractivity contribution in [2.45, 2.75) is 6.04 Å². The molecular weight excluding hydrogens is 238 g/mol. The van der Waals surface area contributed by atoms with E-state index in [9.17, 15) is 9.59 Å². The van der Waals surface area contributed by atoms with Crippen molar-refractivity contribution < 1.29 is 14.7 Å². The molecular formula is C10H13N5O3. The van der Waals surface area contributed by atoms with Crippen LogP contribution in [0.15, 0.2) is 12.4 Å². The molecule has 8 heteroatoms. The zero-order valence-corrected chi connectivity index (χ0v) is 9.54. The molecule has 1 unspecified atom stereocenters. The van der Waals surface area contributed by atoms with E-state index in [2.05, 4.69) is 15.3 Å². The van der Waals surface area contributed by atoms with Gasteiger partial charge in [-0.1, -0.05) is 0 Å². The molecule has 0 saturated carbocycles. The van der Waals surface area contributed by atoms with Crippen LogP contribution in [0.25, 0.3) is 0 Å². The number of nitrogens with two attached hydrogens (primary N) is 1. The number of hydrogen-bond donors (Lipinski definition) is 3. The summed E-state index contributed by atoms with van der Waals surface area (Å²) in [5, 5.41) is 12.1. The number of nitrogens with zero attached hydrogens (tertiary/aromatic N) is 3. The Morgan fingerprint density at radius 3 is 2.83 bits per heavy atom. The number of aromatic nitrogens is 2. The first-order valence-electron chi connectivity index (χ1n) is 5.42. The highest BCUT2D eigenvalue weighted by molar-refractivity contribution is 5.96. The summed E-state index contributed by atoms with van der Waals surface area (Å²) in [5.41, 5.74) is 5.20. The summed E-state index contributed by atoms with van der Waals surface area (Å²) in [6.45, 7) is 1.32. The highest BCUT2D eigenvalue weighted by Crippen LogP contribution is 2.18. The molecule has 1 aromatic heterocycles. The van der Waals surface area contributed by atoms with Crippen LogP contribution < -0.4 is 16.0 Å². The van der Waals surface area contributed by atoms with Gasteiger partial charge in [-0.3, -0.25) is 4.79 Å². The van der Waals surface area contributed by atoms with Gasteiger partial charge >= 0.3 is 5.97 Å². The van der Waals surface area contributed by atoms with Crippen molar-refractivity contribution in [3.05, 3.63) is 18.1 Å². The molecule has 0 spiro atoms. The summed E-state index contributed by atoms with van der Waals surface area (Å²) in [4.78, 5) is 31.9. The average Bonchev–Trinajstić information content (AvgIpc) is 2.38. The van der Waals surface area contributed by atoms with Crippen molar-refractivity contribution >= 4 is 17.7 Å². The first kappa shape index (κ1) is 12.2. The molecule has 1 saturated heterocycles. The van der Waals surface area contributed by atoms with Crippen LogP contribution >= 0.6 is 0 Å². The summed E-state index contributed by atoms with van der Waals surface area (Å²) in [6, 6.07) is -0.784. The Kier molecular flexibility index (Phi) is 3.38. The van der Waals surface area contributed by atoms with Crippen LogP contribution in [0, 0.1) is 0 Å². The number of rotatable bonds is 3. The third-order valence-electron chi connectivity index (χ3n) is 2.71. The van der Waals surface area contributed by atoms with Crippen LogP contribution in [-0.2, 0) is 4.79 Å². The smallest absolute Gasteiger partial charge is 0.327 e. The number of anilines is 1. The monoisotopic (exact) mass is 251 g/mol. The number of aliphatic carboxylic acids is 1. The Labute approximate surface area is 103 Å². The molecule has 0 bridgehead atoms. The minimum Gasteiger partial charge on any atom is -0.480 e. The molecule has 1 aliphatic rings. The molecule has 4 N–H and O–H groups in total. The molecule has 1 aliphatic heterocycles. The zero-order valence-electron chi connectivity index (χ0n) is 9.54. The Morgan fingerprint density at radius 2 is 2.17 bits per heavy atom. The van der Waals surface area contributed by atoms with Gasteiger partial charge in [-0.05, 0) is 0 Å². The molecule has 1 aromatic rings. The molecule has 18 heavy (non-hydrogen) atoms. The van der Waals surface area contributed by atoms with Crippen LogP contribution in [0.2, 0.25) is 0 Å². The number of hydrogen-bond acceptors (Lipinski definition) is 6. The Morgan fingerprint density at radius 1 is 1.44 bits per heavy atom. The number of carboxylic acid groups (broad SMARTS) is 1. The number of carboxylic acids is 1. The second-order valence-electron chi connectivity index (χ2n) is 3.84. The topological polar surface area (TPSA) is 121 Å². The Balaban J connectivity index is 2.39. The molecule has 0 radical (unpaired) electrons. The average molecular weight is 251 g/mol. The van der Waals surface area contributed by atoms with Crippen molar-refractivity contribution in [3.8, 4) is 0 Å². The van der Waals surface area contributed by atoms with Crippen LogP contribution in [0.5, 0.6) is 0 Å². The van der Waals surface area contributed by atoms with E-state index >= 15 is 0 Å². The molecule has 0 aliphatic carbocycles. The van der Waals surface area contributed by atoms with Gasteiger partial charge in [0.25, 0.3) is 5.91 Å². The van der Waals surface area contributed by atoms with E-state index in [0.29, 0.717) is 13.1 Å². The zero-order chi connectivity index (χ0) is 13.1. The third-order valence-corrected chi connectivity index (χ3v) is 2.71. The van der Waals surface area contributed by atoms with Gasteiger partial charge in [0, 0.05) is 32.0 Å². The number of piperazine rings is 1. The van der Waals surface area contributed by atoms with Gasteiger partial charge < -0.3 is 21.1 Å². The maximum atomic E-state index is 11.3. The van der Waals surface area contributed by atoms with Crippen LogP contribution in [0.1, 0.15) is 10.5 Å². The summed E-state index contributed by atoms with van der Waals surface area (Å²) in [5.74, 6) is -1.48. The lowest BCUT2D eigenvalue weighted by Crippen LogP contribution is -2.55. The first-order chi connectivity index (χ1) is 8.61. The van der Waals surface area contributed by atoms with Gasteiger partial charge in [0.2, 0.25) is 0 Å². The highest BCUT2D eigenvalue weighted by atomic mass is 16.4. The van der Waals surface area contributed by atoms with Crippen LogP contribution in [-0.4, -0.2) is 52.6 Å².